The first-order valence-electron chi connectivity index (χ1n) is 5.11. The van der Waals surface area contributed by atoms with Crippen molar-refractivity contribution in [1.29, 1.82) is 5.26 Å². The quantitative estimate of drug-likeness (QED) is 0.663. The second kappa shape index (κ2) is 4.62. The highest BCUT2D eigenvalue weighted by atomic mass is 16.6. The first-order chi connectivity index (χ1) is 9.02. The van der Waals surface area contributed by atoms with E-state index in [1.54, 1.807) is 12.1 Å². The molecule has 0 fully saturated rings. The van der Waals surface area contributed by atoms with Gasteiger partial charge < -0.3 is 10.2 Å². The lowest BCUT2D eigenvalue weighted by Crippen LogP contribution is -2.10. The van der Waals surface area contributed by atoms with Crippen molar-refractivity contribution in [2.24, 2.45) is 5.73 Å². The largest absolute Gasteiger partial charge is 0.434 e. The fourth-order valence-corrected chi connectivity index (χ4v) is 1.59. The van der Waals surface area contributed by atoms with Gasteiger partial charge in [0.2, 0.25) is 5.76 Å². The number of hydrogen-bond donors (Lipinski definition) is 1. The number of furan rings is 1. The van der Waals surface area contributed by atoms with Crippen LogP contribution in [0.15, 0.2) is 34.7 Å². The smallest absolute Gasteiger partial charge is 0.395 e. The standard InChI is InChI=1S/C12H7N3O4/c13-6-7-1-3-8(4-2-7)9-5-10(15(17)18)19-11(9)12(14)16/h1-5H,(H2,14,16). The number of nitrogens with zero attached hydrogens (tertiary/aromatic N) is 2. The number of nitro groups is 1. The van der Waals surface area contributed by atoms with Crippen molar-refractivity contribution in [3.8, 4) is 17.2 Å². The van der Waals surface area contributed by atoms with Crippen LogP contribution in [0.2, 0.25) is 0 Å². The van der Waals surface area contributed by atoms with Gasteiger partial charge in [-0.05, 0) is 17.7 Å². The van der Waals surface area contributed by atoms with Crippen molar-refractivity contribution in [3.05, 3.63) is 51.8 Å². The molecule has 0 saturated carbocycles. The molecule has 94 valence electrons. The fraction of sp³-hybridized carbons (Fsp3) is 0. The molecule has 1 amide bonds. The average Bonchev–Trinajstić information content (AvgIpc) is 2.84. The summed E-state index contributed by atoms with van der Waals surface area (Å²) >= 11 is 0. The molecule has 2 rings (SSSR count). The summed E-state index contributed by atoms with van der Waals surface area (Å²) in [6.07, 6.45) is 0. The number of carbonyl (C=O) groups excluding carboxylic acids is 1. The molecule has 2 aromatic rings. The zero-order chi connectivity index (χ0) is 14.0. The second-order valence-electron chi connectivity index (χ2n) is 3.64. The lowest BCUT2D eigenvalue weighted by atomic mass is 10.0. The minimum absolute atomic E-state index is 0.226. The zero-order valence-electron chi connectivity index (χ0n) is 9.49. The SMILES string of the molecule is N#Cc1ccc(-c2cc([N+](=O)[O-])oc2C(N)=O)cc1. The number of amides is 1. The summed E-state index contributed by atoms with van der Waals surface area (Å²) in [4.78, 5) is 21.1. The molecule has 1 aromatic carbocycles. The summed E-state index contributed by atoms with van der Waals surface area (Å²) in [7, 11) is 0. The molecule has 0 bridgehead atoms. The van der Waals surface area contributed by atoms with Crippen LogP contribution >= 0.6 is 0 Å². The van der Waals surface area contributed by atoms with Gasteiger partial charge in [-0.2, -0.15) is 5.26 Å². The third kappa shape index (κ3) is 2.28. The molecule has 2 N–H and O–H groups in total. The van der Waals surface area contributed by atoms with E-state index >= 15 is 0 Å². The maximum atomic E-state index is 11.2. The molecule has 0 spiro atoms. The van der Waals surface area contributed by atoms with E-state index < -0.39 is 16.7 Å². The number of rotatable bonds is 3. The molecular weight excluding hydrogens is 250 g/mol. The summed E-state index contributed by atoms with van der Waals surface area (Å²) in [5.41, 5.74) is 6.28. The Hall–Kier alpha value is -3.14. The minimum Gasteiger partial charge on any atom is -0.395 e. The average molecular weight is 257 g/mol. The second-order valence-corrected chi connectivity index (χ2v) is 3.64. The van der Waals surface area contributed by atoms with E-state index in [-0.39, 0.29) is 11.3 Å². The Kier molecular flexibility index (Phi) is 3.00. The topological polar surface area (TPSA) is 123 Å². The predicted molar refractivity (Wildman–Crippen MR) is 64.0 cm³/mol. The van der Waals surface area contributed by atoms with Gasteiger partial charge in [0.05, 0.1) is 17.7 Å². The molecule has 19 heavy (non-hydrogen) atoms. The van der Waals surface area contributed by atoms with Crippen molar-refractivity contribution in [2.75, 3.05) is 0 Å². The van der Waals surface area contributed by atoms with Gasteiger partial charge in [-0.1, -0.05) is 12.1 Å². The monoisotopic (exact) mass is 257 g/mol. The maximum absolute atomic E-state index is 11.2. The van der Waals surface area contributed by atoms with Crippen LogP contribution in [0.3, 0.4) is 0 Å². The van der Waals surface area contributed by atoms with Crippen LogP contribution in [0.5, 0.6) is 0 Å². The Morgan fingerprint density at radius 3 is 2.47 bits per heavy atom. The molecule has 0 aliphatic rings. The lowest BCUT2D eigenvalue weighted by molar-refractivity contribution is -0.402. The van der Waals surface area contributed by atoms with Gasteiger partial charge in [-0.15, -0.1) is 0 Å². The summed E-state index contributed by atoms with van der Waals surface area (Å²) < 4.78 is 4.81. The number of carbonyl (C=O) groups is 1. The van der Waals surface area contributed by atoms with Crippen LogP contribution in [0, 0.1) is 21.4 Å². The normalized spacial score (nSPS) is 9.84. The van der Waals surface area contributed by atoms with Crippen molar-refractivity contribution >= 4 is 11.8 Å². The Balaban J connectivity index is 2.56. The molecule has 0 aliphatic heterocycles. The highest BCUT2D eigenvalue weighted by Crippen LogP contribution is 2.30. The van der Waals surface area contributed by atoms with Crippen molar-refractivity contribution in [3.63, 3.8) is 0 Å². The van der Waals surface area contributed by atoms with Crippen LogP contribution in [-0.4, -0.2) is 10.8 Å². The van der Waals surface area contributed by atoms with Gasteiger partial charge in [-0.25, -0.2) is 0 Å². The number of benzene rings is 1. The third-order valence-corrected chi connectivity index (χ3v) is 2.45. The predicted octanol–water partition coefficient (Wildman–Crippen LogP) is 1.83. The number of nitrogens with two attached hydrogens (primary N) is 1. The molecular formula is C12H7N3O4. The van der Waals surface area contributed by atoms with Crippen LogP contribution in [0.25, 0.3) is 11.1 Å². The van der Waals surface area contributed by atoms with Gasteiger partial charge in [0.15, 0.2) is 0 Å². The van der Waals surface area contributed by atoms with Gasteiger partial charge >= 0.3 is 5.88 Å². The summed E-state index contributed by atoms with van der Waals surface area (Å²) in [5, 5.41) is 19.3. The highest BCUT2D eigenvalue weighted by Gasteiger charge is 2.23. The molecule has 0 radical (unpaired) electrons. The molecule has 1 heterocycles. The molecule has 7 heteroatoms. The van der Waals surface area contributed by atoms with Crippen molar-refractivity contribution in [2.45, 2.75) is 0 Å². The molecule has 0 saturated heterocycles. The van der Waals surface area contributed by atoms with Crippen LogP contribution in [-0.2, 0) is 0 Å². The zero-order valence-corrected chi connectivity index (χ0v) is 9.49. The number of hydrogen-bond acceptors (Lipinski definition) is 5. The van der Waals surface area contributed by atoms with E-state index in [0.29, 0.717) is 11.1 Å². The molecule has 7 nitrogen and oxygen atoms in total. The molecule has 0 unspecified atom stereocenters. The molecule has 0 aliphatic carbocycles. The van der Waals surface area contributed by atoms with E-state index in [4.69, 9.17) is 15.4 Å². The Morgan fingerprint density at radius 2 is 2.00 bits per heavy atom. The number of primary amides is 1. The van der Waals surface area contributed by atoms with Gasteiger partial charge in [0.1, 0.15) is 4.92 Å². The first-order valence-corrected chi connectivity index (χ1v) is 5.11. The fourth-order valence-electron chi connectivity index (χ4n) is 1.59. The van der Waals surface area contributed by atoms with E-state index in [1.165, 1.54) is 12.1 Å². The van der Waals surface area contributed by atoms with Crippen molar-refractivity contribution in [1.82, 2.24) is 0 Å². The molecule has 1 aromatic heterocycles. The van der Waals surface area contributed by atoms with Crippen LogP contribution < -0.4 is 5.73 Å². The summed E-state index contributed by atoms with van der Waals surface area (Å²) in [6.45, 7) is 0. The molecule has 0 atom stereocenters. The van der Waals surface area contributed by atoms with Crippen molar-refractivity contribution < 1.29 is 14.1 Å². The highest BCUT2D eigenvalue weighted by molar-refractivity contribution is 5.97. The first kappa shape index (κ1) is 12.3. The number of nitriles is 1. The Morgan fingerprint density at radius 1 is 1.37 bits per heavy atom. The van der Waals surface area contributed by atoms with E-state index in [1.807, 2.05) is 6.07 Å². The van der Waals surface area contributed by atoms with Gasteiger partial charge in [-0.3, -0.25) is 14.9 Å². The van der Waals surface area contributed by atoms with Crippen LogP contribution in [0.1, 0.15) is 16.1 Å². The van der Waals surface area contributed by atoms with Gasteiger partial charge in [0, 0.05) is 5.56 Å². The van der Waals surface area contributed by atoms with E-state index in [2.05, 4.69) is 0 Å². The van der Waals surface area contributed by atoms with E-state index in [0.717, 1.165) is 6.07 Å². The Bertz CT molecular complexity index is 695. The van der Waals surface area contributed by atoms with Gasteiger partial charge in [0.25, 0.3) is 5.91 Å². The summed E-state index contributed by atoms with van der Waals surface area (Å²) in [5.74, 6) is -1.74. The maximum Gasteiger partial charge on any atom is 0.434 e. The van der Waals surface area contributed by atoms with E-state index in [9.17, 15) is 14.9 Å². The third-order valence-electron chi connectivity index (χ3n) is 2.45. The Labute approximate surface area is 107 Å². The summed E-state index contributed by atoms with van der Waals surface area (Å²) in [6, 6.07) is 9.23. The minimum atomic E-state index is -0.896. The van der Waals surface area contributed by atoms with Crippen LogP contribution in [0.4, 0.5) is 5.88 Å². The lowest BCUT2D eigenvalue weighted by Gasteiger charge is -1.98.